The number of carbonyl (C=O) groups excluding carboxylic acids is 2. The maximum atomic E-state index is 12.5. The van der Waals surface area contributed by atoms with Gasteiger partial charge in [-0.3, -0.25) is 9.59 Å². The number of ether oxygens (including phenoxy) is 1. The zero-order valence-electron chi connectivity index (χ0n) is 13.5. The van der Waals surface area contributed by atoms with Crippen LogP contribution in [0.1, 0.15) is 6.42 Å². The number of benzene rings is 1. The Hall–Kier alpha value is -1.63. The van der Waals surface area contributed by atoms with Crippen molar-refractivity contribution in [2.75, 3.05) is 45.3 Å². The van der Waals surface area contributed by atoms with Gasteiger partial charge in [0.15, 0.2) is 0 Å². The number of amides is 2. The third-order valence-corrected chi connectivity index (χ3v) is 3.87. The molecule has 6 nitrogen and oxygen atoms in total. The Morgan fingerprint density at radius 1 is 1.39 bits per heavy atom. The second kappa shape index (κ2) is 9.50. The van der Waals surface area contributed by atoms with E-state index in [2.05, 4.69) is 5.32 Å². The first-order valence-electron chi connectivity index (χ1n) is 7.47. The van der Waals surface area contributed by atoms with Crippen LogP contribution in [0.15, 0.2) is 30.3 Å². The molecule has 1 unspecified atom stereocenters. The predicted octanol–water partition coefficient (Wildman–Crippen LogP) is 0.908. The largest absolute Gasteiger partial charge is 0.383 e. The summed E-state index contributed by atoms with van der Waals surface area (Å²) >= 11 is 0. The van der Waals surface area contributed by atoms with Crippen LogP contribution in [0.2, 0.25) is 0 Å². The number of likely N-dealkylation sites (N-methyl/N-ethyl adjacent to an activating group) is 1. The van der Waals surface area contributed by atoms with E-state index in [1.165, 1.54) is 0 Å². The van der Waals surface area contributed by atoms with E-state index in [0.717, 1.165) is 5.69 Å². The van der Waals surface area contributed by atoms with E-state index in [1.54, 1.807) is 24.0 Å². The Balaban J connectivity index is 0.00000264. The van der Waals surface area contributed by atoms with Gasteiger partial charge in [-0.1, -0.05) is 18.2 Å². The van der Waals surface area contributed by atoms with Crippen LogP contribution >= 0.6 is 12.4 Å². The average Bonchev–Trinajstić information content (AvgIpc) is 2.93. The number of hydrogen-bond acceptors (Lipinski definition) is 4. The highest BCUT2D eigenvalue weighted by Crippen LogP contribution is 2.23. The van der Waals surface area contributed by atoms with Gasteiger partial charge in [-0.15, -0.1) is 12.4 Å². The lowest BCUT2D eigenvalue weighted by atomic mass is 10.2. The molecule has 0 spiro atoms. The van der Waals surface area contributed by atoms with Crippen molar-refractivity contribution in [2.45, 2.75) is 12.5 Å². The lowest BCUT2D eigenvalue weighted by Crippen LogP contribution is -2.46. The summed E-state index contributed by atoms with van der Waals surface area (Å²) in [4.78, 5) is 27.9. The molecular formula is C16H24ClN3O3. The maximum absolute atomic E-state index is 12.5. The molecule has 1 aromatic rings. The van der Waals surface area contributed by atoms with E-state index in [9.17, 15) is 9.59 Å². The number of carbonyl (C=O) groups is 2. The molecule has 0 aliphatic carbocycles. The smallest absolute Gasteiger partial charge is 0.249 e. The first-order chi connectivity index (χ1) is 10.6. The van der Waals surface area contributed by atoms with Gasteiger partial charge in [0.05, 0.1) is 13.2 Å². The highest BCUT2D eigenvalue weighted by Gasteiger charge is 2.36. The molecule has 0 saturated carbocycles. The first kappa shape index (κ1) is 19.4. The number of halogens is 1. The van der Waals surface area contributed by atoms with Gasteiger partial charge in [0.25, 0.3) is 0 Å². The van der Waals surface area contributed by atoms with E-state index in [4.69, 9.17) is 4.74 Å². The van der Waals surface area contributed by atoms with Crippen molar-refractivity contribution >= 4 is 29.9 Å². The third-order valence-electron chi connectivity index (χ3n) is 3.87. The molecule has 1 aliphatic heterocycles. The van der Waals surface area contributed by atoms with Crippen molar-refractivity contribution in [1.82, 2.24) is 10.2 Å². The van der Waals surface area contributed by atoms with Crippen LogP contribution < -0.4 is 10.2 Å². The summed E-state index contributed by atoms with van der Waals surface area (Å²) in [5.74, 6) is -0.0942. The first-order valence-corrected chi connectivity index (χ1v) is 7.47. The molecule has 23 heavy (non-hydrogen) atoms. The second-order valence-electron chi connectivity index (χ2n) is 5.30. The van der Waals surface area contributed by atoms with Gasteiger partial charge < -0.3 is 19.9 Å². The van der Waals surface area contributed by atoms with Gasteiger partial charge >= 0.3 is 0 Å². The van der Waals surface area contributed by atoms with Crippen LogP contribution in [0.4, 0.5) is 5.69 Å². The van der Waals surface area contributed by atoms with Gasteiger partial charge in [-0.25, -0.2) is 0 Å². The van der Waals surface area contributed by atoms with Gasteiger partial charge in [0.2, 0.25) is 11.8 Å². The molecule has 1 saturated heterocycles. The molecule has 2 amide bonds. The average molecular weight is 342 g/mol. The molecule has 2 rings (SSSR count). The van der Waals surface area contributed by atoms with Crippen molar-refractivity contribution in [3.8, 4) is 0 Å². The minimum absolute atomic E-state index is 0. The Morgan fingerprint density at radius 3 is 2.74 bits per heavy atom. The van der Waals surface area contributed by atoms with Crippen molar-refractivity contribution in [1.29, 1.82) is 0 Å². The lowest BCUT2D eigenvalue weighted by Gasteiger charge is -2.24. The minimum atomic E-state index is -0.378. The summed E-state index contributed by atoms with van der Waals surface area (Å²) in [5, 5.41) is 3.01. The van der Waals surface area contributed by atoms with Crippen LogP contribution in [0.3, 0.4) is 0 Å². The number of hydrogen-bond donors (Lipinski definition) is 1. The fourth-order valence-corrected chi connectivity index (χ4v) is 2.56. The SMILES string of the molecule is COCCNCC(=O)N(C)C1CCN(c2ccccc2)C1=O.Cl. The molecule has 0 radical (unpaired) electrons. The third kappa shape index (κ3) is 4.92. The molecule has 1 aliphatic rings. The second-order valence-corrected chi connectivity index (χ2v) is 5.30. The minimum Gasteiger partial charge on any atom is -0.383 e. The van der Waals surface area contributed by atoms with Crippen molar-refractivity contribution < 1.29 is 14.3 Å². The van der Waals surface area contributed by atoms with E-state index in [0.29, 0.717) is 26.1 Å². The highest BCUT2D eigenvalue weighted by atomic mass is 35.5. The molecule has 0 aromatic heterocycles. The van der Waals surface area contributed by atoms with Crippen LogP contribution in [0.25, 0.3) is 0 Å². The molecule has 1 heterocycles. The molecule has 7 heteroatoms. The van der Waals surface area contributed by atoms with Crippen LogP contribution in [-0.2, 0) is 14.3 Å². The standard InChI is InChI=1S/C16H23N3O3.ClH/c1-18(15(20)12-17-9-11-22-2)14-8-10-19(16(14)21)13-6-4-3-5-7-13;/h3-7,14,17H,8-12H2,1-2H3;1H. The van der Waals surface area contributed by atoms with Crippen LogP contribution in [-0.4, -0.2) is 63.2 Å². The van der Waals surface area contributed by atoms with Crippen molar-refractivity contribution in [3.05, 3.63) is 30.3 Å². The summed E-state index contributed by atoms with van der Waals surface area (Å²) in [5.41, 5.74) is 0.883. The zero-order valence-corrected chi connectivity index (χ0v) is 14.3. The van der Waals surface area contributed by atoms with Crippen LogP contribution in [0.5, 0.6) is 0 Å². The van der Waals surface area contributed by atoms with Crippen LogP contribution in [0, 0.1) is 0 Å². The summed E-state index contributed by atoms with van der Waals surface area (Å²) in [7, 11) is 3.31. The van der Waals surface area contributed by atoms with Gasteiger partial charge in [0, 0.05) is 32.9 Å². The summed E-state index contributed by atoms with van der Waals surface area (Å²) in [6.07, 6.45) is 0.661. The highest BCUT2D eigenvalue weighted by molar-refractivity contribution is 6.01. The fourth-order valence-electron chi connectivity index (χ4n) is 2.56. The topological polar surface area (TPSA) is 61.9 Å². The number of nitrogens with one attached hydrogen (secondary N) is 1. The summed E-state index contributed by atoms with van der Waals surface area (Å²) < 4.78 is 4.92. The number of rotatable bonds is 7. The van der Waals surface area contributed by atoms with Gasteiger partial charge in [-0.05, 0) is 18.6 Å². The maximum Gasteiger partial charge on any atom is 0.249 e. The number of methoxy groups -OCH3 is 1. The van der Waals surface area contributed by atoms with Gasteiger partial charge in [0.1, 0.15) is 6.04 Å². The Morgan fingerprint density at radius 2 is 2.09 bits per heavy atom. The van der Waals surface area contributed by atoms with Gasteiger partial charge in [-0.2, -0.15) is 0 Å². The quantitative estimate of drug-likeness (QED) is 0.749. The normalized spacial score (nSPS) is 17.0. The molecule has 1 aromatic carbocycles. The predicted molar refractivity (Wildman–Crippen MR) is 92.0 cm³/mol. The summed E-state index contributed by atoms with van der Waals surface area (Å²) in [6, 6.07) is 9.18. The Bertz CT molecular complexity index is 513. The van der Waals surface area contributed by atoms with Crippen molar-refractivity contribution in [3.63, 3.8) is 0 Å². The monoisotopic (exact) mass is 341 g/mol. The van der Waals surface area contributed by atoms with E-state index in [1.807, 2.05) is 30.3 Å². The number of nitrogens with zero attached hydrogens (tertiary/aromatic N) is 2. The molecular weight excluding hydrogens is 318 g/mol. The molecule has 0 bridgehead atoms. The van der Waals surface area contributed by atoms with E-state index < -0.39 is 0 Å². The summed E-state index contributed by atoms with van der Waals surface area (Å²) in [6.45, 7) is 2.03. The lowest BCUT2D eigenvalue weighted by molar-refractivity contribution is -0.136. The molecule has 128 valence electrons. The van der Waals surface area contributed by atoms with Crippen molar-refractivity contribution in [2.24, 2.45) is 0 Å². The number of anilines is 1. The Labute approximate surface area is 143 Å². The van der Waals surface area contributed by atoms with E-state index >= 15 is 0 Å². The van der Waals surface area contributed by atoms with E-state index in [-0.39, 0.29) is 36.8 Å². The molecule has 1 fully saturated rings. The molecule has 1 N–H and O–H groups in total. The Kier molecular flexibility index (Phi) is 8.02. The zero-order chi connectivity index (χ0) is 15.9. The number of para-hydroxylation sites is 1. The fraction of sp³-hybridized carbons (Fsp3) is 0.500. The molecule has 1 atom stereocenters.